The van der Waals surface area contributed by atoms with Gasteiger partial charge in [0.25, 0.3) is 0 Å². The van der Waals surface area contributed by atoms with Crippen LogP contribution in [-0.4, -0.2) is 26.8 Å². The highest BCUT2D eigenvalue weighted by molar-refractivity contribution is 5.88. The number of carbonyl (C=O) groups is 2. The Hall–Kier alpha value is -2.57. The van der Waals surface area contributed by atoms with Crippen LogP contribution in [0, 0.1) is 0 Å². The van der Waals surface area contributed by atoms with E-state index in [1.54, 1.807) is 6.07 Å². The van der Waals surface area contributed by atoms with Crippen LogP contribution in [0.3, 0.4) is 0 Å². The van der Waals surface area contributed by atoms with Gasteiger partial charge in [0, 0.05) is 0 Å². The number of rotatable bonds is 0. The molecule has 2 rings (SSSR count). The lowest BCUT2D eigenvalue weighted by atomic mass is 10.3. The van der Waals surface area contributed by atoms with Crippen LogP contribution in [0.4, 0.5) is 9.59 Å². The van der Waals surface area contributed by atoms with Crippen LogP contribution in [0.1, 0.15) is 0 Å². The second-order valence-electron chi connectivity index (χ2n) is 2.78. The zero-order valence-corrected chi connectivity index (χ0v) is 8.20. The Kier molecular flexibility index (Phi) is 3.44. The van der Waals surface area contributed by atoms with Gasteiger partial charge in [-0.05, 0) is 12.1 Å². The van der Waals surface area contributed by atoms with Gasteiger partial charge in [-0.25, -0.2) is 14.6 Å². The maximum absolute atomic E-state index is 10.8. The molecule has 0 aliphatic rings. The van der Waals surface area contributed by atoms with Crippen LogP contribution in [-0.2, 0) is 0 Å². The van der Waals surface area contributed by atoms with Crippen LogP contribution >= 0.6 is 0 Å². The molecule has 7 heteroatoms. The van der Waals surface area contributed by atoms with Crippen molar-refractivity contribution in [2.45, 2.75) is 0 Å². The fourth-order valence-corrected chi connectivity index (χ4v) is 1.13. The number of benzene rings is 1. The molecule has 1 heterocycles. The largest absolute Gasteiger partial charge is 0.465 e. The fourth-order valence-electron chi connectivity index (χ4n) is 1.13. The number of nitrogens with two attached hydrogens (primary N) is 2. The van der Waals surface area contributed by atoms with E-state index in [1.165, 1.54) is 10.9 Å². The monoisotopic (exact) mass is 222 g/mol. The summed E-state index contributed by atoms with van der Waals surface area (Å²) in [6, 6.07) is 6.81. The predicted molar refractivity (Wildman–Crippen MR) is 56.9 cm³/mol. The predicted octanol–water partition coefficient (Wildman–Crippen LogP) is 0.586. The molecule has 0 fully saturated rings. The van der Waals surface area contributed by atoms with Crippen molar-refractivity contribution in [3.05, 3.63) is 30.6 Å². The Balaban J connectivity index is 0.000000280. The van der Waals surface area contributed by atoms with E-state index in [2.05, 4.69) is 10.7 Å². The van der Waals surface area contributed by atoms with Crippen LogP contribution in [0.2, 0.25) is 0 Å². The molecule has 7 nitrogen and oxygen atoms in total. The number of hydrogen-bond donors (Lipinski definition) is 3. The highest BCUT2D eigenvalue weighted by Crippen LogP contribution is 2.10. The molecular weight excluding hydrogens is 212 g/mol. The number of nitrogens with zero attached hydrogens (tertiary/aromatic N) is 2. The smallest absolute Gasteiger partial charge is 0.402 e. The van der Waals surface area contributed by atoms with Gasteiger partial charge in [-0.15, -0.1) is 0 Å². The van der Waals surface area contributed by atoms with Crippen molar-refractivity contribution >= 4 is 23.2 Å². The maximum atomic E-state index is 10.8. The summed E-state index contributed by atoms with van der Waals surface area (Å²) >= 11 is 0. The van der Waals surface area contributed by atoms with Gasteiger partial charge in [-0.1, -0.05) is 12.1 Å². The van der Waals surface area contributed by atoms with Crippen LogP contribution < -0.4 is 11.5 Å². The lowest BCUT2D eigenvalue weighted by Crippen LogP contribution is -2.18. The van der Waals surface area contributed by atoms with Gasteiger partial charge in [0.15, 0.2) is 0 Å². The third-order valence-electron chi connectivity index (χ3n) is 1.69. The molecule has 0 radical (unpaired) electrons. The van der Waals surface area contributed by atoms with Crippen molar-refractivity contribution in [2.24, 2.45) is 11.5 Å². The fraction of sp³-hybridized carbons (Fsp3) is 0. The summed E-state index contributed by atoms with van der Waals surface area (Å²) < 4.78 is 1.31. The van der Waals surface area contributed by atoms with Gasteiger partial charge in [-0.3, -0.25) is 4.57 Å². The molecular formula is C9H10N4O3. The van der Waals surface area contributed by atoms with Gasteiger partial charge in [0.1, 0.15) is 6.33 Å². The number of imidazole rings is 1. The molecule has 2 amide bonds. The van der Waals surface area contributed by atoms with Crippen molar-refractivity contribution in [1.29, 1.82) is 0 Å². The second-order valence-corrected chi connectivity index (χ2v) is 2.78. The Morgan fingerprint density at radius 3 is 2.38 bits per heavy atom. The first-order chi connectivity index (χ1) is 7.52. The molecule has 0 atom stereocenters. The minimum atomic E-state index is -1.33. The molecule has 0 unspecified atom stereocenters. The molecule has 5 N–H and O–H groups in total. The number of primary amides is 2. The third kappa shape index (κ3) is 2.71. The van der Waals surface area contributed by atoms with Gasteiger partial charge < -0.3 is 16.6 Å². The number of para-hydroxylation sites is 2. The highest BCUT2D eigenvalue weighted by Gasteiger charge is 2.03. The zero-order chi connectivity index (χ0) is 12.1. The summed E-state index contributed by atoms with van der Waals surface area (Å²) in [5.41, 5.74) is 10.7. The Labute approximate surface area is 90.3 Å². The van der Waals surface area contributed by atoms with E-state index in [0.29, 0.717) is 0 Å². The van der Waals surface area contributed by atoms with Crippen molar-refractivity contribution in [1.82, 2.24) is 9.55 Å². The van der Waals surface area contributed by atoms with Crippen molar-refractivity contribution in [3.63, 3.8) is 0 Å². The molecule has 1 aromatic heterocycles. The topological polar surface area (TPSA) is 124 Å². The molecule has 2 aromatic rings. The number of carbonyl (C=O) groups excluding carboxylic acids is 1. The van der Waals surface area contributed by atoms with E-state index in [4.69, 9.17) is 15.6 Å². The SMILES string of the molecule is NC(=O)O.NC(=O)n1cnc2ccccc21. The minimum absolute atomic E-state index is 0.510. The van der Waals surface area contributed by atoms with Crippen LogP contribution in [0.5, 0.6) is 0 Å². The summed E-state index contributed by atoms with van der Waals surface area (Å²) in [7, 11) is 0. The standard InChI is InChI=1S/C8H7N3O.CH3NO2/c9-8(12)11-5-10-6-3-1-2-4-7(6)11;2-1(3)4/h1-5H,(H2,9,12);2H2,(H,3,4). The van der Waals surface area contributed by atoms with Crippen molar-refractivity contribution in [2.75, 3.05) is 0 Å². The summed E-state index contributed by atoms with van der Waals surface area (Å²) in [6.45, 7) is 0. The summed E-state index contributed by atoms with van der Waals surface area (Å²) in [5.74, 6) is 0. The van der Waals surface area contributed by atoms with E-state index in [1.807, 2.05) is 18.2 Å². The molecule has 0 aliphatic carbocycles. The Morgan fingerprint density at radius 1 is 1.25 bits per heavy atom. The summed E-state index contributed by atoms with van der Waals surface area (Å²) in [5, 5.41) is 7.19. The molecule has 0 aliphatic heterocycles. The van der Waals surface area contributed by atoms with E-state index >= 15 is 0 Å². The molecule has 0 saturated heterocycles. The highest BCUT2D eigenvalue weighted by atomic mass is 16.4. The number of fused-ring (bicyclic) bond motifs is 1. The summed E-state index contributed by atoms with van der Waals surface area (Å²) in [6.07, 6.45) is 0.0903. The van der Waals surface area contributed by atoms with Crippen molar-refractivity contribution < 1.29 is 14.7 Å². The quantitative estimate of drug-likeness (QED) is 0.603. The molecule has 0 bridgehead atoms. The Bertz CT molecular complexity index is 516. The van der Waals surface area contributed by atoms with E-state index in [0.717, 1.165) is 11.0 Å². The van der Waals surface area contributed by atoms with E-state index in [-0.39, 0.29) is 0 Å². The molecule has 16 heavy (non-hydrogen) atoms. The molecule has 0 spiro atoms. The number of hydrogen-bond acceptors (Lipinski definition) is 3. The summed E-state index contributed by atoms with van der Waals surface area (Å²) in [4.78, 5) is 23.6. The van der Waals surface area contributed by atoms with Gasteiger partial charge >= 0.3 is 12.1 Å². The lowest BCUT2D eigenvalue weighted by molar-refractivity contribution is 0.205. The first kappa shape index (κ1) is 11.5. The average molecular weight is 222 g/mol. The lowest BCUT2D eigenvalue weighted by Gasteiger charge is -1.94. The number of aromatic nitrogens is 2. The second kappa shape index (κ2) is 4.78. The number of carboxylic acid groups (broad SMARTS) is 1. The zero-order valence-electron chi connectivity index (χ0n) is 8.20. The van der Waals surface area contributed by atoms with Gasteiger partial charge in [0.2, 0.25) is 0 Å². The van der Waals surface area contributed by atoms with Crippen molar-refractivity contribution in [3.8, 4) is 0 Å². The number of amides is 2. The van der Waals surface area contributed by atoms with Gasteiger partial charge in [0.05, 0.1) is 11.0 Å². The minimum Gasteiger partial charge on any atom is -0.465 e. The average Bonchev–Trinajstić information content (AvgIpc) is 2.59. The third-order valence-corrected chi connectivity index (χ3v) is 1.69. The van der Waals surface area contributed by atoms with E-state index < -0.39 is 12.1 Å². The van der Waals surface area contributed by atoms with Gasteiger partial charge in [-0.2, -0.15) is 0 Å². The molecule has 0 saturated carbocycles. The van der Waals surface area contributed by atoms with Crippen LogP contribution in [0.15, 0.2) is 30.6 Å². The maximum Gasteiger partial charge on any atom is 0.402 e. The molecule has 1 aromatic carbocycles. The Morgan fingerprint density at radius 2 is 1.81 bits per heavy atom. The first-order valence-corrected chi connectivity index (χ1v) is 4.22. The first-order valence-electron chi connectivity index (χ1n) is 4.22. The molecule has 84 valence electrons. The van der Waals surface area contributed by atoms with Crippen LogP contribution in [0.25, 0.3) is 11.0 Å². The van der Waals surface area contributed by atoms with E-state index in [9.17, 15) is 4.79 Å². The normalized spacial score (nSPS) is 9.25.